The Balaban J connectivity index is 1.63. The Labute approximate surface area is 212 Å². The molecule has 0 amide bonds. The number of nitrogens with two attached hydrogens (primary N) is 1. The summed E-state index contributed by atoms with van der Waals surface area (Å²) in [7, 11) is 3.29. The molecule has 3 saturated heterocycles. The Morgan fingerprint density at radius 3 is 2.00 bits per heavy atom. The van der Waals surface area contributed by atoms with Gasteiger partial charge in [-0.2, -0.15) is 0 Å². The van der Waals surface area contributed by atoms with Crippen molar-refractivity contribution in [1.29, 1.82) is 0 Å². The minimum atomic E-state index is -2.47. The molecule has 1 aliphatic carbocycles. The summed E-state index contributed by atoms with van der Waals surface area (Å²) in [4.78, 5) is 0. The first kappa shape index (κ1) is 29.3. The molecule has 0 radical (unpaired) electrons. The third kappa shape index (κ3) is 5.04. The smallest absolute Gasteiger partial charge is 0.314 e. The van der Waals surface area contributed by atoms with Crippen LogP contribution in [0, 0.1) is 0 Å². The van der Waals surface area contributed by atoms with E-state index < -0.39 is 111 Å². The lowest BCUT2D eigenvalue weighted by Crippen LogP contribution is -2.69. The van der Waals surface area contributed by atoms with E-state index in [1.165, 1.54) is 0 Å². The number of hydrogen-bond donors (Lipinski definition) is 11. The average Bonchev–Trinajstić information content (AvgIpc) is 3.29. The van der Waals surface area contributed by atoms with Gasteiger partial charge >= 0.3 is 5.97 Å². The molecular formula is C21H39N3O13. The van der Waals surface area contributed by atoms with Gasteiger partial charge in [0.25, 0.3) is 0 Å². The number of hydrogen-bond acceptors (Lipinski definition) is 16. The zero-order valence-electron chi connectivity index (χ0n) is 20.5. The van der Waals surface area contributed by atoms with Gasteiger partial charge in [-0.15, -0.1) is 0 Å². The molecule has 12 N–H and O–H groups in total. The number of aliphatic hydroxyl groups is 8. The van der Waals surface area contributed by atoms with Crippen LogP contribution in [0.3, 0.4) is 0 Å². The van der Waals surface area contributed by atoms with E-state index in [-0.39, 0.29) is 0 Å². The molecule has 37 heavy (non-hydrogen) atoms. The highest BCUT2D eigenvalue weighted by molar-refractivity contribution is 5.05. The maximum absolute atomic E-state index is 10.9. The molecule has 4 aliphatic rings. The maximum Gasteiger partial charge on any atom is 0.314 e. The van der Waals surface area contributed by atoms with Gasteiger partial charge in [-0.05, 0) is 20.5 Å². The van der Waals surface area contributed by atoms with Gasteiger partial charge in [-0.25, -0.2) is 0 Å². The monoisotopic (exact) mass is 541 g/mol. The highest BCUT2D eigenvalue weighted by Gasteiger charge is 2.67. The van der Waals surface area contributed by atoms with Crippen molar-refractivity contribution in [3.63, 3.8) is 0 Å². The van der Waals surface area contributed by atoms with Crippen molar-refractivity contribution in [2.75, 3.05) is 27.3 Å². The molecule has 216 valence electrons. The number of fused-ring (bicyclic) bond motifs is 1. The fourth-order valence-electron chi connectivity index (χ4n) is 5.48. The molecule has 0 aromatic carbocycles. The largest absolute Gasteiger partial charge is 0.395 e. The average molecular weight is 542 g/mol. The molecule has 0 aromatic heterocycles. The third-order valence-corrected chi connectivity index (χ3v) is 7.74. The van der Waals surface area contributed by atoms with Crippen LogP contribution in [0.2, 0.25) is 0 Å². The van der Waals surface area contributed by atoms with Gasteiger partial charge in [0.15, 0.2) is 12.4 Å². The van der Waals surface area contributed by atoms with Crippen molar-refractivity contribution in [3.05, 3.63) is 0 Å². The van der Waals surface area contributed by atoms with Crippen molar-refractivity contribution in [1.82, 2.24) is 10.6 Å². The summed E-state index contributed by atoms with van der Waals surface area (Å²) in [6, 6.07) is -2.12. The summed E-state index contributed by atoms with van der Waals surface area (Å²) in [5.41, 5.74) is 5.81. The van der Waals surface area contributed by atoms with E-state index in [1.54, 1.807) is 14.1 Å². The minimum absolute atomic E-state index is 0.389. The molecule has 0 aromatic rings. The van der Waals surface area contributed by atoms with Crippen LogP contribution in [-0.4, -0.2) is 166 Å². The summed E-state index contributed by atoms with van der Waals surface area (Å²) >= 11 is 0. The highest BCUT2D eigenvalue weighted by Crippen LogP contribution is 2.45. The lowest BCUT2D eigenvalue weighted by Gasteiger charge is -2.46. The second kappa shape index (κ2) is 11.5. The predicted molar refractivity (Wildman–Crippen MR) is 119 cm³/mol. The SMILES string of the molecule is CN[C@H]1C[C@H](NC)[C@@H](O)C(O[C@@H]2O[C@@H](CO)[C@H](O)[C@H]3O[C@@]4(O[C@@H]23)O[C@H]([C@H](N)CO)[C@H](O)[C@H](O)[C@H]4O)[C@@H]1O. The second-order valence-corrected chi connectivity index (χ2v) is 9.95. The van der Waals surface area contributed by atoms with Gasteiger partial charge in [-0.1, -0.05) is 0 Å². The normalized spacial score (nSPS) is 53.3. The van der Waals surface area contributed by atoms with Crippen LogP contribution in [0.5, 0.6) is 0 Å². The van der Waals surface area contributed by atoms with Crippen molar-refractivity contribution in [3.8, 4) is 0 Å². The van der Waals surface area contributed by atoms with Crippen molar-refractivity contribution < 1.29 is 64.5 Å². The molecule has 0 bridgehead atoms. The quantitative estimate of drug-likeness (QED) is 0.143. The van der Waals surface area contributed by atoms with Crippen LogP contribution in [0.15, 0.2) is 0 Å². The molecule has 15 atom stereocenters. The van der Waals surface area contributed by atoms with E-state index in [9.17, 15) is 40.9 Å². The Kier molecular flexibility index (Phi) is 9.09. The van der Waals surface area contributed by atoms with E-state index in [0.717, 1.165) is 0 Å². The number of nitrogens with one attached hydrogen (secondary N) is 2. The van der Waals surface area contributed by atoms with E-state index in [0.29, 0.717) is 6.42 Å². The van der Waals surface area contributed by atoms with Crippen molar-refractivity contribution >= 4 is 0 Å². The predicted octanol–water partition coefficient (Wildman–Crippen LogP) is -7.01. The first-order valence-electron chi connectivity index (χ1n) is 12.3. The highest BCUT2D eigenvalue weighted by atomic mass is 16.9. The number of rotatable bonds is 7. The second-order valence-electron chi connectivity index (χ2n) is 9.95. The zero-order valence-corrected chi connectivity index (χ0v) is 20.5. The standard InChI is InChI=1S/C21H39N3O13/c1-23-7-3-8(24-2)11(28)16(10(7)27)34-20-18-17(12(29)9(5-26)33-20)36-21(37-18)19(32)14(31)13(30)15(35-21)6(22)4-25/h6-20,23-32H,3-5,22H2,1-2H3/t6-,7+,8+,9+,10-,11-,12+,13-,14+,15-,17-,18-,19-,20+,21+/m1/s1. The lowest BCUT2D eigenvalue weighted by atomic mass is 9.83. The van der Waals surface area contributed by atoms with Crippen LogP contribution in [0.1, 0.15) is 6.42 Å². The fraction of sp³-hybridized carbons (Fsp3) is 1.00. The molecule has 4 fully saturated rings. The Bertz CT molecular complexity index is 755. The molecule has 1 saturated carbocycles. The van der Waals surface area contributed by atoms with Crippen LogP contribution in [0.4, 0.5) is 0 Å². The summed E-state index contributed by atoms with van der Waals surface area (Å²) in [6.45, 7) is -1.31. The van der Waals surface area contributed by atoms with E-state index in [1.807, 2.05) is 0 Å². The molecule has 16 heteroatoms. The summed E-state index contributed by atoms with van der Waals surface area (Å²) in [6.07, 6.45) is -17.2. The van der Waals surface area contributed by atoms with Gasteiger partial charge < -0.3 is 80.9 Å². The summed E-state index contributed by atoms with van der Waals surface area (Å²) in [5.74, 6) is -2.47. The number of aliphatic hydroxyl groups excluding tert-OH is 8. The fourth-order valence-corrected chi connectivity index (χ4v) is 5.48. The van der Waals surface area contributed by atoms with Crippen molar-refractivity contribution in [2.24, 2.45) is 5.73 Å². The van der Waals surface area contributed by atoms with Gasteiger partial charge in [0.05, 0.1) is 31.5 Å². The summed E-state index contributed by atoms with van der Waals surface area (Å²) in [5, 5.41) is 89.3. The van der Waals surface area contributed by atoms with Gasteiger partial charge in [0, 0.05) is 12.1 Å². The molecule has 4 rings (SSSR count). The first-order valence-corrected chi connectivity index (χ1v) is 12.3. The maximum atomic E-state index is 10.9. The molecular weight excluding hydrogens is 502 g/mol. The molecule has 1 spiro atoms. The minimum Gasteiger partial charge on any atom is -0.395 e. The molecule has 0 unspecified atom stereocenters. The van der Waals surface area contributed by atoms with Crippen LogP contribution in [0.25, 0.3) is 0 Å². The molecule has 3 aliphatic heterocycles. The molecule has 3 heterocycles. The molecule has 16 nitrogen and oxygen atoms in total. The van der Waals surface area contributed by atoms with E-state index in [2.05, 4.69) is 10.6 Å². The van der Waals surface area contributed by atoms with Crippen LogP contribution in [-0.2, 0) is 23.7 Å². The lowest BCUT2D eigenvalue weighted by molar-refractivity contribution is -0.439. The number of ether oxygens (including phenoxy) is 5. The Morgan fingerprint density at radius 2 is 1.46 bits per heavy atom. The number of likely N-dealkylation sites (N-methyl/N-ethyl adjacent to an activating group) is 2. The van der Waals surface area contributed by atoms with Gasteiger partial charge in [0.2, 0.25) is 0 Å². The van der Waals surface area contributed by atoms with Crippen molar-refractivity contribution in [2.45, 2.75) is 104 Å². The Hall–Kier alpha value is -0.640. The third-order valence-electron chi connectivity index (χ3n) is 7.74. The van der Waals surface area contributed by atoms with Crippen LogP contribution >= 0.6 is 0 Å². The topological polar surface area (TPSA) is 258 Å². The van der Waals surface area contributed by atoms with Crippen LogP contribution < -0.4 is 16.4 Å². The van der Waals surface area contributed by atoms with Gasteiger partial charge in [-0.3, -0.25) is 0 Å². The van der Waals surface area contributed by atoms with E-state index in [4.69, 9.17) is 29.4 Å². The zero-order chi connectivity index (χ0) is 27.2. The summed E-state index contributed by atoms with van der Waals surface area (Å²) < 4.78 is 29.0. The first-order chi connectivity index (χ1) is 17.5. The van der Waals surface area contributed by atoms with Gasteiger partial charge in [0.1, 0.15) is 48.8 Å². The van der Waals surface area contributed by atoms with E-state index >= 15 is 0 Å². The Morgan fingerprint density at radius 1 is 0.865 bits per heavy atom.